The van der Waals surface area contributed by atoms with Gasteiger partial charge in [-0.15, -0.1) is 0 Å². The van der Waals surface area contributed by atoms with Crippen LogP contribution < -0.4 is 15.8 Å². The highest BCUT2D eigenvalue weighted by Crippen LogP contribution is 2.21. The van der Waals surface area contributed by atoms with E-state index in [2.05, 4.69) is 24.1 Å². The van der Waals surface area contributed by atoms with E-state index in [9.17, 15) is 0 Å². The fourth-order valence-corrected chi connectivity index (χ4v) is 3.19. The van der Waals surface area contributed by atoms with Gasteiger partial charge in [0.25, 0.3) is 0 Å². The summed E-state index contributed by atoms with van der Waals surface area (Å²) in [6.45, 7) is 8.99. The van der Waals surface area contributed by atoms with Crippen molar-refractivity contribution in [3.63, 3.8) is 0 Å². The molecule has 0 saturated carbocycles. The zero-order chi connectivity index (χ0) is 18.6. The molecular formula is C21H36N4O. The zero-order valence-electron chi connectivity index (χ0n) is 16.5. The van der Waals surface area contributed by atoms with Gasteiger partial charge >= 0.3 is 0 Å². The Hall–Kier alpha value is -1.75. The molecule has 1 aliphatic rings. The second kappa shape index (κ2) is 11.8. The molecule has 1 saturated heterocycles. The van der Waals surface area contributed by atoms with Crippen LogP contribution in [0.15, 0.2) is 29.3 Å². The van der Waals surface area contributed by atoms with Crippen LogP contribution >= 0.6 is 0 Å². The van der Waals surface area contributed by atoms with E-state index < -0.39 is 0 Å². The first-order chi connectivity index (χ1) is 12.7. The molecule has 0 spiro atoms. The lowest BCUT2D eigenvalue weighted by Gasteiger charge is -2.33. The third-order valence-corrected chi connectivity index (χ3v) is 4.71. The van der Waals surface area contributed by atoms with Gasteiger partial charge in [0.05, 0.1) is 12.3 Å². The molecule has 1 unspecified atom stereocenters. The summed E-state index contributed by atoms with van der Waals surface area (Å²) in [6, 6.07) is 8.10. The van der Waals surface area contributed by atoms with Crippen LogP contribution in [-0.4, -0.2) is 43.6 Å². The summed E-state index contributed by atoms with van der Waals surface area (Å²) >= 11 is 0. The Kier molecular flexibility index (Phi) is 9.32. The van der Waals surface area contributed by atoms with Gasteiger partial charge in [0, 0.05) is 19.6 Å². The highest BCUT2D eigenvalue weighted by atomic mass is 16.5. The minimum atomic E-state index is 0.695. The van der Waals surface area contributed by atoms with Crippen molar-refractivity contribution < 1.29 is 4.74 Å². The third-order valence-electron chi connectivity index (χ3n) is 4.71. The number of unbranched alkanes of at least 4 members (excludes halogenated alkanes) is 2. The minimum Gasteiger partial charge on any atom is -0.494 e. The summed E-state index contributed by atoms with van der Waals surface area (Å²) in [5, 5.41) is 3.49. The average molecular weight is 361 g/mol. The van der Waals surface area contributed by atoms with Crippen LogP contribution in [0.25, 0.3) is 0 Å². The molecule has 1 aliphatic heterocycles. The van der Waals surface area contributed by atoms with Crippen LogP contribution in [0.5, 0.6) is 5.75 Å². The minimum absolute atomic E-state index is 0.695. The molecule has 5 nitrogen and oxygen atoms in total. The standard InChI is InChI=1S/C21H36N4O/c1-3-4-5-16-26-20-11-9-19(10-12-20)24-21(23-14-7-13-22)25-15-6-8-18(2)17-25/h9-12,18H,3-8,13-17,22H2,1-2H3,(H,23,24). The average Bonchev–Trinajstić information content (AvgIpc) is 2.66. The summed E-state index contributed by atoms with van der Waals surface area (Å²) in [5.74, 6) is 2.61. The Morgan fingerprint density at radius 3 is 2.77 bits per heavy atom. The van der Waals surface area contributed by atoms with Crippen LogP contribution in [0, 0.1) is 5.92 Å². The number of hydrogen-bond acceptors (Lipinski definition) is 3. The Balaban J connectivity index is 1.99. The maximum Gasteiger partial charge on any atom is 0.199 e. The first-order valence-electron chi connectivity index (χ1n) is 10.2. The second-order valence-electron chi connectivity index (χ2n) is 7.25. The van der Waals surface area contributed by atoms with Gasteiger partial charge in [-0.3, -0.25) is 0 Å². The Bertz CT molecular complexity index is 529. The predicted octanol–water partition coefficient (Wildman–Crippen LogP) is 3.91. The number of aliphatic imine (C=N–C) groups is 1. The van der Waals surface area contributed by atoms with Crippen molar-refractivity contribution in [1.82, 2.24) is 10.2 Å². The molecule has 26 heavy (non-hydrogen) atoms. The van der Waals surface area contributed by atoms with Crippen LogP contribution in [0.3, 0.4) is 0 Å². The van der Waals surface area contributed by atoms with Crippen molar-refractivity contribution in [2.75, 3.05) is 32.8 Å². The predicted molar refractivity (Wildman–Crippen MR) is 110 cm³/mol. The normalized spacial score (nSPS) is 18.0. The summed E-state index contributed by atoms with van der Waals surface area (Å²) < 4.78 is 5.79. The zero-order valence-corrected chi connectivity index (χ0v) is 16.5. The van der Waals surface area contributed by atoms with Gasteiger partial charge in [0.1, 0.15) is 5.75 Å². The van der Waals surface area contributed by atoms with Crippen molar-refractivity contribution in [2.24, 2.45) is 16.6 Å². The van der Waals surface area contributed by atoms with E-state index in [1.807, 2.05) is 24.3 Å². The van der Waals surface area contributed by atoms with Gasteiger partial charge in [-0.05, 0) is 62.4 Å². The van der Waals surface area contributed by atoms with Crippen molar-refractivity contribution in [2.45, 2.75) is 52.4 Å². The Morgan fingerprint density at radius 2 is 2.08 bits per heavy atom. The molecule has 146 valence electrons. The van der Waals surface area contributed by atoms with Crippen LogP contribution in [0.2, 0.25) is 0 Å². The monoisotopic (exact) mass is 360 g/mol. The lowest BCUT2D eigenvalue weighted by atomic mass is 10.0. The van der Waals surface area contributed by atoms with E-state index in [1.165, 1.54) is 25.7 Å². The third kappa shape index (κ3) is 7.24. The number of likely N-dealkylation sites (tertiary alicyclic amines) is 1. The summed E-state index contributed by atoms with van der Waals surface area (Å²) in [5.41, 5.74) is 6.59. The number of nitrogens with zero attached hydrogens (tertiary/aromatic N) is 2. The number of ether oxygens (including phenoxy) is 1. The molecule has 1 aromatic rings. The topological polar surface area (TPSA) is 62.9 Å². The van der Waals surface area contributed by atoms with Crippen molar-refractivity contribution in [1.29, 1.82) is 0 Å². The van der Waals surface area contributed by atoms with E-state index >= 15 is 0 Å². The van der Waals surface area contributed by atoms with E-state index in [0.717, 1.165) is 56.5 Å². The van der Waals surface area contributed by atoms with Gasteiger partial charge in [0.2, 0.25) is 0 Å². The molecule has 5 heteroatoms. The fraction of sp³-hybridized carbons (Fsp3) is 0.667. The van der Waals surface area contributed by atoms with Crippen LogP contribution in [0.4, 0.5) is 5.69 Å². The molecule has 0 bridgehead atoms. The summed E-state index contributed by atoms with van der Waals surface area (Å²) in [7, 11) is 0. The lowest BCUT2D eigenvalue weighted by molar-refractivity contribution is 0.266. The number of nitrogens with one attached hydrogen (secondary N) is 1. The van der Waals surface area contributed by atoms with Crippen molar-refractivity contribution in [3.05, 3.63) is 24.3 Å². The van der Waals surface area contributed by atoms with Crippen molar-refractivity contribution in [3.8, 4) is 5.75 Å². The number of hydrogen-bond donors (Lipinski definition) is 2. The number of rotatable bonds is 9. The SMILES string of the molecule is CCCCCOc1ccc(/N=C(\NCCCN)N2CCCC(C)C2)cc1. The number of piperidine rings is 1. The molecule has 1 aromatic carbocycles. The first-order valence-corrected chi connectivity index (χ1v) is 10.2. The van der Waals surface area contributed by atoms with Gasteiger partial charge in [-0.25, -0.2) is 4.99 Å². The lowest BCUT2D eigenvalue weighted by Crippen LogP contribution is -2.46. The number of nitrogens with two attached hydrogens (primary N) is 1. The molecule has 0 radical (unpaired) electrons. The van der Waals surface area contributed by atoms with Gasteiger partial charge < -0.3 is 20.7 Å². The van der Waals surface area contributed by atoms with E-state index in [4.69, 9.17) is 15.5 Å². The molecule has 1 heterocycles. The maximum absolute atomic E-state index is 5.79. The molecule has 0 amide bonds. The smallest absolute Gasteiger partial charge is 0.199 e. The second-order valence-corrected chi connectivity index (χ2v) is 7.25. The van der Waals surface area contributed by atoms with Crippen molar-refractivity contribution >= 4 is 11.6 Å². The quantitative estimate of drug-likeness (QED) is 0.398. The first kappa shape index (κ1) is 20.6. The van der Waals surface area contributed by atoms with E-state index in [-0.39, 0.29) is 0 Å². The van der Waals surface area contributed by atoms with Gasteiger partial charge in [0.15, 0.2) is 5.96 Å². The largest absolute Gasteiger partial charge is 0.494 e. The highest BCUT2D eigenvalue weighted by Gasteiger charge is 2.19. The highest BCUT2D eigenvalue weighted by molar-refractivity contribution is 5.83. The van der Waals surface area contributed by atoms with E-state index in [1.54, 1.807) is 0 Å². The molecule has 1 atom stereocenters. The van der Waals surface area contributed by atoms with Gasteiger partial charge in [-0.2, -0.15) is 0 Å². The maximum atomic E-state index is 5.79. The van der Waals surface area contributed by atoms with Crippen LogP contribution in [-0.2, 0) is 0 Å². The molecule has 3 N–H and O–H groups in total. The summed E-state index contributed by atoms with van der Waals surface area (Å²) in [6.07, 6.45) is 7.02. The molecule has 0 aliphatic carbocycles. The number of guanidine groups is 1. The fourth-order valence-electron chi connectivity index (χ4n) is 3.19. The van der Waals surface area contributed by atoms with Gasteiger partial charge in [-0.1, -0.05) is 26.7 Å². The number of benzene rings is 1. The summed E-state index contributed by atoms with van der Waals surface area (Å²) in [4.78, 5) is 7.25. The Morgan fingerprint density at radius 1 is 1.27 bits per heavy atom. The Labute approximate surface area is 159 Å². The molecule has 2 rings (SSSR count). The van der Waals surface area contributed by atoms with Crippen LogP contribution in [0.1, 0.15) is 52.4 Å². The molecular weight excluding hydrogens is 324 g/mol. The van der Waals surface area contributed by atoms with E-state index in [0.29, 0.717) is 12.5 Å². The molecule has 0 aromatic heterocycles. The molecule has 1 fully saturated rings.